The van der Waals surface area contributed by atoms with Gasteiger partial charge in [0.05, 0.1) is 18.6 Å². The Hall–Kier alpha value is -0.570. The quantitative estimate of drug-likeness (QED) is 0.691. The van der Waals surface area contributed by atoms with Crippen molar-refractivity contribution in [2.45, 2.75) is 33.8 Å². The van der Waals surface area contributed by atoms with Gasteiger partial charge in [-0.25, -0.2) is 0 Å². The third-order valence-corrected chi connectivity index (χ3v) is 1.94. The molecular formula is C9H18O3. The molecule has 0 spiro atoms. The lowest BCUT2D eigenvalue weighted by Gasteiger charge is -2.17. The molecule has 0 saturated heterocycles. The highest BCUT2D eigenvalue weighted by atomic mass is 16.5. The first-order chi connectivity index (χ1) is 5.45. The van der Waals surface area contributed by atoms with Crippen LogP contribution in [0.2, 0.25) is 0 Å². The summed E-state index contributed by atoms with van der Waals surface area (Å²) in [6.45, 7) is 8.00. The fourth-order valence-electron chi connectivity index (χ4n) is 0.732. The van der Waals surface area contributed by atoms with Gasteiger partial charge in [-0.3, -0.25) is 4.79 Å². The topological polar surface area (TPSA) is 46.5 Å². The molecule has 3 nitrogen and oxygen atoms in total. The minimum absolute atomic E-state index is 0.0740. The zero-order valence-corrected chi connectivity index (χ0v) is 8.20. The van der Waals surface area contributed by atoms with Crippen LogP contribution in [0.3, 0.4) is 0 Å². The minimum atomic E-state index is -0.755. The van der Waals surface area contributed by atoms with Crippen molar-refractivity contribution in [2.75, 3.05) is 6.61 Å². The average molecular weight is 174 g/mol. The number of ether oxygens (including phenoxy) is 1. The van der Waals surface area contributed by atoms with Crippen LogP contribution in [0.4, 0.5) is 0 Å². The van der Waals surface area contributed by atoms with Gasteiger partial charge < -0.3 is 9.84 Å². The van der Waals surface area contributed by atoms with E-state index >= 15 is 0 Å². The minimum Gasteiger partial charge on any atom is -0.481 e. The average Bonchev–Trinajstić information content (AvgIpc) is 1.98. The van der Waals surface area contributed by atoms with Crippen LogP contribution in [0.15, 0.2) is 0 Å². The molecule has 0 saturated carbocycles. The maximum atomic E-state index is 10.5. The predicted molar refractivity (Wildman–Crippen MR) is 47.1 cm³/mol. The second-order valence-corrected chi connectivity index (χ2v) is 3.49. The van der Waals surface area contributed by atoms with Crippen molar-refractivity contribution in [3.8, 4) is 0 Å². The van der Waals surface area contributed by atoms with E-state index in [4.69, 9.17) is 9.84 Å². The number of hydrogen-bond donors (Lipinski definition) is 1. The molecule has 2 atom stereocenters. The molecule has 0 aromatic rings. The summed E-state index contributed by atoms with van der Waals surface area (Å²) >= 11 is 0. The third-order valence-electron chi connectivity index (χ3n) is 1.94. The Labute approximate surface area is 73.7 Å². The number of carbonyl (C=O) groups is 1. The van der Waals surface area contributed by atoms with Crippen LogP contribution in [-0.2, 0) is 9.53 Å². The summed E-state index contributed by atoms with van der Waals surface area (Å²) < 4.78 is 5.31. The first kappa shape index (κ1) is 11.4. The summed E-state index contributed by atoms with van der Waals surface area (Å²) in [6.07, 6.45) is 0.174. The fraction of sp³-hybridized carbons (Fsp3) is 0.889. The molecule has 12 heavy (non-hydrogen) atoms. The van der Waals surface area contributed by atoms with Crippen molar-refractivity contribution in [3.63, 3.8) is 0 Å². The van der Waals surface area contributed by atoms with Gasteiger partial charge in [0.2, 0.25) is 0 Å². The Bertz CT molecular complexity index is 143. The SMILES string of the molecule is CC(C)OCC(C)C(C)C(=O)O. The molecule has 0 radical (unpaired) electrons. The van der Waals surface area contributed by atoms with Crippen molar-refractivity contribution < 1.29 is 14.6 Å². The van der Waals surface area contributed by atoms with E-state index < -0.39 is 5.97 Å². The van der Waals surface area contributed by atoms with Gasteiger partial charge in [0.25, 0.3) is 0 Å². The molecule has 0 aliphatic carbocycles. The van der Waals surface area contributed by atoms with Crippen molar-refractivity contribution in [2.24, 2.45) is 11.8 Å². The van der Waals surface area contributed by atoms with E-state index in [9.17, 15) is 4.79 Å². The lowest BCUT2D eigenvalue weighted by molar-refractivity contribution is -0.143. The second kappa shape index (κ2) is 5.14. The van der Waals surface area contributed by atoms with Crippen LogP contribution in [0.1, 0.15) is 27.7 Å². The number of rotatable bonds is 5. The van der Waals surface area contributed by atoms with Gasteiger partial charge in [-0.1, -0.05) is 13.8 Å². The number of aliphatic carboxylic acids is 1. The number of carboxylic acid groups (broad SMARTS) is 1. The monoisotopic (exact) mass is 174 g/mol. The number of carboxylic acids is 1. The van der Waals surface area contributed by atoms with E-state index in [0.29, 0.717) is 6.61 Å². The number of hydrogen-bond acceptors (Lipinski definition) is 2. The zero-order chi connectivity index (χ0) is 9.72. The molecule has 0 bridgehead atoms. The van der Waals surface area contributed by atoms with E-state index in [1.807, 2.05) is 20.8 Å². The van der Waals surface area contributed by atoms with E-state index in [2.05, 4.69) is 0 Å². The smallest absolute Gasteiger partial charge is 0.306 e. The summed E-state index contributed by atoms with van der Waals surface area (Å²) in [5, 5.41) is 8.66. The zero-order valence-electron chi connectivity index (χ0n) is 8.20. The Morgan fingerprint density at radius 3 is 2.17 bits per heavy atom. The summed E-state index contributed by atoms with van der Waals surface area (Å²) in [6, 6.07) is 0. The Morgan fingerprint density at radius 2 is 1.83 bits per heavy atom. The van der Waals surface area contributed by atoms with E-state index in [0.717, 1.165) is 0 Å². The van der Waals surface area contributed by atoms with Gasteiger partial charge in [-0.2, -0.15) is 0 Å². The molecule has 0 fully saturated rings. The van der Waals surface area contributed by atoms with Crippen molar-refractivity contribution >= 4 is 5.97 Å². The molecular weight excluding hydrogens is 156 g/mol. The lowest BCUT2D eigenvalue weighted by Crippen LogP contribution is -2.23. The second-order valence-electron chi connectivity index (χ2n) is 3.49. The normalized spacial score (nSPS) is 16.1. The summed E-state index contributed by atoms with van der Waals surface area (Å²) in [5.74, 6) is -1.01. The van der Waals surface area contributed by atoms with E-state index in [1.165, 1.54) is 0 Å². The molecule has 0 aromatic carbocycles. The maximum absolute atomic E-state index is 10.5. The largest absolute Gasteiger partial charge is 0.481 e. The van der Waals surface area contributed by atoms with Gasteiger partial charge in [0.15, 0.2) is 0 Å². The first-order valence-electron chi connectivity index (χ1n) is 4.29. The van der Waals surface area contributed by atoms with Gasteiger partial charge in [0, 0.05) is 0 Å². The predicted octanol–water partition coefficient (Wildman–Crippen LogP) is 1.77. The standard InChI is InChI=1S/C9H18O3/c1-6(2)12-5-7(3)8(4)9(10)11/h6-8H,5H2,1-4H3,(H,10,11). The van der Waals surface area contributed by atoms with Crippen molar-refractivity contribution in [3.05, 3.63) is 0 Å². The Kier molecular flexibility index (Phi) is 4.90. The first-order valence-corrected chi connectivity index (χ1v) is 4.29. The van der Waals surface area contributed by atoms with Crippen LogP contribution in [-0.4, -0.2) is 23.8 Å². The molecule has 2 unspecified atom stereocenters. The van der Waals surface area contributed by atoms with Crippen molar-refractivity contribution in [1.29, 1.82) is 0 Å². The van der Waals surface area contributed by atoms with E-state index in [1.54, 1.807) is 6.92 Å². The molecule has 0 amide bonds. The fourth-order valence-corrected chi connectivity index (χ4v) is 0.732. The van der Waals surface area contributed by atoms with Crippen LogP contribution < -0.4 is 0 Å². The van der Waals surface area contributed by atoms with Crippen LogP contribution in [0, 0.1) is 11.8 Å². The molecule has 0 aliphatic rings. The molecule has 0 aromatic heterocycles. The van der Waals surface area contributed by atoms with Gasteiger partial charge in [-0.05, 0) is 19.8 Å². The van der Waals surface area contributed by atoms with Crippen molar-refractivity contribution in [1.82, 2.24) is 0 Å². The Balaban J connectivity index is 3.71. The maximum Gasteiger partial charge on any atom is 0.306 e. The van der Waals surface area contributed by atoms with Gasteiger partial charge in [0.1, 0.15) is 0 Å². The molecule has 0 aliphatic heterocycles. The van der Waals surface area contributed by atoms with Crippen LogP contribution in [0.5, 0.6) is 0 Å². The van der Waals surface area contributed by atoms with E-state index in [-0.39, 0.29) is 17.9 Å². The molecule has 0 rings (SSSR count). The molecule has 1 N–H and O–H groups in total. The summed E-state index contributed by atoms with van der Waals surface area (Å²) in [4.78, 5) is 10.5. The highest BCUT2D eigenvalue weighted by Crippen LogP contribution is 2.11. The van der Waals surface area contributed by atoms with Crippen LogP contribution >= 0.6 is 0 Å². The highest BCUT2D eigenvalue weighted by Gasteiger charge is 2.19. The summed E-state index contributed by atoms with van der Waals surface area (Å²) in [7, 11) is 0. The molecule has 0 heterocycles. The highest BCUT2D eigenvalue weighted by molar-refractivity contribution is 5.69. The third kappa shape index (κ3) is 4.34. The molecule has 3 heteroatoms. The van der Waals surface area contributed by atoms with Gasteiger partial charge in [-0.15, -0.1) is 0 Å². The molecule has 72 valence electrons. The lowest BCUT2D eigenvalue weighted by atomic mass is 9.97. The Morgan fingerprint density at radius 1 is 1.33 bits per heavy atom. The van der Waals surface area contributed by atoms with Crippen LogP contribution in [0.25, 0.3) is 0 Å². The summed E-state index contributed by atoms with van der Waals surface area (Å²) in [5.41, 5.74) is 0. The van der Waals surface area contributed by atoms with Gasteiger partial charge >= 0.3 is 5.97 Å².